The molecule has 0 saturated heterocycles. The number of hydrogen-bond donors (Lipinski definition) is 8. The molecule has 4 aromatic carbocycles. The van der Waals surface area contributed by atoms with Crippen LogP contribution in [0.1, 0.15) is 58.1 Å². The minimum Gasteiger partial charge on any atom is -0.446 e. The quantitative estimate of drug-likeness (QED) is 0.0697. The minimum atomic E-state index is -1.69. The van der Waals surface area contributed by atoms with Crippen LogP contribution in [0.2, 0.25) is 13.6 Å². The van der Waals surface area contributed by atoms with Gasteiger partial charge in [0.15, 0.2) is 0 Å². The number of aliphatic hydroxyl groups excluding tert-OH is 2. The molecule has 0 radical (unpaired) electrons. The van der Waals surface area contributed by atoms with Gasteiger partial charge in [0.2, 0.25) is 0 Å². The van der Waals surface area contributed by atoms with Crippen LogP contribution in [0.4, 0.5) is 0 Å². The topological polar surface area (TPSA) is 230 Å². The SMILES string of the molecule is CB(O)c1ccc(CO)cc1C=O.CB(O)c1ccccc1C=O.Cc1cccc(C=O)c1B(O)O.O=Cc1ccc(CO)cc1B(O)O. The number of hydrogen-bond acceptors (Lipinski definition) is 12. The molecule has 0 heterocycles. The number of benzene rings is 4. The van der Waals surface area contributed by atoms with Crippen LogP contribution in [0.5, 0.6) is 0 Å². The Balaban J connectivity index is 0.000000327. The van der Waals surface area contributed by atoms with Gasteiger partial charge in [0.25, 0.3) is 0 Å². The molecule has 0 amide bonds. The fourth-order valence-corrected chi connectivity index (χ4v) is 4.42. The van der Waals surface area contributed by atoms with E-state index in [0.29, 0.717) is 63.2 Å². The van der Waals surface area contributed by atoms with Gasteiger partial charge < -0.3 is 40.4 Å². The molecule has 0 unspecified atom stereocenters. The minimum absolute atomic E-state index is 0.0963. The number of rotatable bonds is 10. The van der Waals surface area contributed by atoms with Crippen molar-refractivity contribution >= 4 is 75.1 Å². The lowest BCUT2D eigenvalue weighted by atomic mass is 9.62. The average molecular weight is 670 g/mol. The van der Waals surface area contributed by atoms with Gasteiger partial charge in [0.1, 0.15) is 25.1 Å². The normalized spacial score (nSPS) is 9.61. The van der Waals surface area contributed by atoms with Gasteiger partial charge in [0, 0.05) is 22.3 Å². The maximum Gasteiger partial charge on any atom is 0.489 e. The zero-order valence-electron chi connectivity index (χ0n) is 27.2. The highest BCUT2D eigenvalue weighted by atomic mass is 16.4. The highest BCUT2D eigenvalue weighted by Gasteiger charge is 2.18. The third-order valence-corrected chi connectivity index (χ3v) is 6.97. The summed E-state index contributed by atoms with van der Waals surface area (Å²) in [6.07, 6.45) is 2.58. The molecule has 254 valence electrons. The standard InChI is InChI=1S/C9H11BO3.C8H9BO4.C8H9BO3.C8H9BO2/c1-10(13)9-3-2-7(5-11)4-8(9)6-12;10-4-6-1-2-7(5-11)8(3-6)9(12)13;1-6-3-2-4-7(5-10)8(6)9(11)12;1-9(11)8-5-3-2-4-7(8)6-10/h2-4,6,11,13H,5H2,1H3;1-3,5,10,12-13H,4H2;2-5,11-12H,1H3;2-6,11H,1H3. The number of carbonyl (C=O) groups excluding carboxylic acids is 4. The van der Waals surface area contributed by atoms with Crippen LogP contribution >= 0.6 is 0 Å². The first-order chi connectivity index (χ1) is 23.3. The lowest BCUT2D eigenvalue weighted by molar-refractivity contribution is 0.111. The molecule has 0 aromatic heterocycles. The fourth-order valence-electron chi connectivity index (χ4n) is 4.42. The van der Waals surface area contributed by atoms with Crippen molar-refractivity contribution in [1.82, 2.24) is 0 Å². The summed E-state index contributed by atoms with van der Waals surface area (Å²) in [5.41, 5.74) is 5.11. The molecule has 49 heavy (non-hydrogen) atoms. The Morgan fingerprint density at radius 2 is 0.980 bits per heavy atom. The highest BCUT2D eigenvalue weighted by Crippen LogP contribution is 2.03. The predicted molar refractivity (Wildman–Crippen MR) is 190 cm³/mol. The molecule has 16 heteroatoms. The molecule has 4 aromatic rings. The van der Waals surface area contributed by atoms with Crippen LogP contribution in [0.15, 0.2) is 78.9 Å². The Hall–Kier alpha value is -4.50. The van der Waals surface area contributed by atoms with Crippen molar-refractivity contribution in [2.45, 2.75) is 33.8 Å². The fraction of sp³-hybridized carbons (Fsp3) is 0.152. The van der Waals surface area contributed by atoms with Gasteiger partial charge in [-0.2, -0.15) is 0 Å². The molecule has 12 nitrogen and oxygen atoms in total. The first-order valence-corrected chi connectivity index (χ1v) is 14.8. The Labute approximate surface area is 285 Å². The van der Waals surface area contributed by atoms with Crippen LogP contribution in [0.3, 0.4) is 0 Å². The van der Waals surface area contributed by atoms with E-state index >= 15 is 0 Å². The number of aryl methyl sites for hydroxylation is 1. The second kappa shape index (κ2) is 22.2. The van der Waals surface area contributed by atoms with E-state index in [1.165, 1.54) is 12.1 Å². The summed E-state index contributed by atoms with van der Waals surface area (Å²) in [6, 6.07) is 21.3. The Bertz CT molecular complexity index is 1660. The zero-order valence-corrected chi connectivity index (χ0v) is 27.2. The molecule has 0 atom stereocenters. The summed E-state index contributed by atoms with van der Waals surface area (Å²) in [6.45, 7) is 3.44. The van der Waals surface area contributed by atoms with Crippen molar-refractivity contribution in [3.8, 4) is 0 Å². The van der Waals surface area contributed by atoms with E-state index in [1.54, 1.807) is 87.3 Å². The molecular weight excluding hydrogens is 632 g/mol. The van der Waals surface area contributed by atoms with E-state index in [0.717, 1.165) is 6.29 Å². The third-order valence-electron chi connectivity index (χ3n) is 6.97. The second-order valence-electron chi connectivity index (χ2n) is 10.5. The molecule has 0 bridgehead atoms. The largest absolute Gasteiger partial charge is 0.489 e. The third kappa shape index (κ3) is 13.5. The first kappa shape index (κ1) is 42.5. The Kier molecular flexibility index (Phi) is 19.3. The van der Waals surface area contributed by atoms with Crippen LogP contribution in [-0.4, -0.2) is 93.6 Å². The van der Waals surface area contributed by atoms with Crippen LogP contribution in [0.25, 0.3) is 0 Å². The molecule has 0 saturated carbocycles. The summed E-state index contributed by atoms with van der Waals surface area (Å²) >= 11 is 0. The van der Waals surface area contributed by atoms with E-state index in [2.05, 4.69) is 0 Å². The first-order valence-electron chi connectivity index (χ1n) is 14.8. The van der Waals surface area contributed by atoms with Crippen molar-refractivity contribution in [3.05, 3.63) is 118 Å². The number of aldehydes is 4. The van der Waals surface area contributed by atoms with Gasteiger partial charge in [0.05, 0.1) is 13.2 Å². The lowest BCUT2D eigenvalue weighted by Gasteiger charge is -2.06. The van der Waals surface area contributed by atoms with Crippen molar-refractivity contribution < 1.29 is 59.5 Å². The summed E-state index contributed by atoms with van der Waals surface area (Å²) in [4.78, 5) is 41.9. The average Bonchev–Trinajstić information content (AvgIpc) is 3.11. The van der Waals surface area contributed by atoms with Gasteiger partial charge in [-0.1, -0.05) is 92.0 Å². The van der Waals surface area contributed by atoms with Crippen molar-refractivity contribution in [3.63, 3.8) is 0 Å². The number of carbonyl (C=O) groups is 4. The van der Waals surface area contributed by atoms with Crippen molar-refractivity contribution in [1.29, 1.82) is 0 Å². The van der Waals surface area contributed by atoms with E-state index < -0.39 is 28.1 Å². The van der Waals surface area contributed by atoms with E-state index in [9.17, 15) is 29.2 Å². The summed E-state index contributed by atoms with van der Waals surface area (Å²) in [7, 11) is -3.27. The van der Waals surface area contributed by atoms with E-state index in [-0.39, 0.29) is 29.7 Å². The van der Waals surface area contributed by atoms with Crippen molar-refractivity contribution in [2.75, 3.05) is 0 Å². The van der Waals surface area contributed by atoms with Crippen molar-refractivity contribution in [2.24, 2.45) is 0 Å². The highest BCUT2D eigenvalue weighted by molar-refractivity contribution is 6.66. The van der Waals surface area contributed by atoms with Gasteiger partial charge >= 0.3 is 28.1 Å². The molecule has 0 aliphatic carbocycles. The zero-order chi connectivity index (χ0) is 37.1. The summed E-state index contributed by atoms with van der Waals surface area (Å²) < 4.78 is 0. The van der Waals surface area contributed by atoms with E-state index in [4.69, 9.17) is 30.3 Å². The Morgan fingerprint density at radius 3 is 1.43 bits per heavy atom. The monoisotopic (exact) mass is 670 g/mol. The molecule has 0 fully saturated rings. The maximum absolute atomic E-state index is 10.6. The van der Waals surface area contributed by atoms with Gasteiger partial charge in [-0.25, -0.2) is 0 Å². The van der Waals surface area contributed by atoms with Crippen LogP contribution in [0, 0.1) is 6.92 Å². The molecule has 0 aliphatic rings. The summed E-state index contributed by atoms with van der Waals surface area (Å²) in [5, 5.41) is 71.6. The smallest absolute Gasteiger partial charge is 0.446 e. The summed E-state index contributed by atoms with van der Waals surface area (Å²) in [5.74, 6) is 0. The predicted octanol–water partition coefficient (Wildman–Crippen LogP) is -1.71. The molecule has 4 rings (SSSR count). The lowest BCUT2D eigenvalue weighted by Crippen LogP contribution is -2.35. The van der Waals surface area contributed by atoms with Gasteiger partial charge in [-0.3, -0.25) is 19.2 Å². The van der Waals surface area contributed by atoms with E-state index in [1.807, 2.05) is 0 Å². The molecule has 0 spiro atoms. The maximum atomic E-state index is 10.6. The van der Waals surface area contributed by atoms with Crippen LogP contribution < -0.4 is 21.9 Å². The van der Waals surface area contributed by atoms with Gasteiger partial charge in [-0.05, 0) is 46.0 Å². The molecule has 0 aliphatic heterocycles. The number of aliphatic hydroxyl groups is 2. The second-order valence-corrected chi connectivity index (χ2v) is 10.5. The van der Waals surface area contributed by atoms with Gasteiger partial charge in [-0.15, -0.1) is 0 Å². The van der Waals surface area contributed by atoms with Crippen LogP contribution in [-0.2, 0) is 13.2 Å². The Morgan fingerprint density at radius 1 is 0.510 bits per heavy atom. The molecular formula is C33H38B4O12. The molecule has 8 N–H and O–H groups in total.